The number of nitrogens with zero attached hydrogens (tertiary/aromatic N) is 2. The van der Waals surface area contributed by atoms with Crippen LogP contribution in [0.3, 0.4) is 0 Å². The molecule has 20 heavy (non-hydrogen) atoms. The minimum Gasteiger partial charge on any atom is -0.395 e. The van der Waals surface area contributed by atoms with Gasteiger partial charge in [0.15, 0.2) is 0 Å². The maximum absolute atomic E-state index is 11.1. The molecule has 0 saturated heterocycles. The van der Waals surface area contributed by atoms with Crippen molar-refractivity contribution in [1.82, 2.24) is 10.6 Å². The number of aliphatic hydroxyl groups excluding tert-OH is 2. The fraction of sp³-hybridized carbons (Fsp3) is 0.600. The SMILES string of the molecule is CC.N/C(=N\N=C(/N)C(=O)NCCO)C(=O)NCCO. The summed E-state index contributed by atoms with van der Waals surface area (Å²) in [5.41, 5.74) is 10.5. The summed E-state index contributed by atoms with van der Waals surface area (Å²) in [5, 5.41) is 27.9. The van der Waals surface area contributed by atoms with Crippen LogP contribution >= 0.6 is 0 Å². The monoisotopic (exact) mass is 290 g/mol. The summed E-state index contributed by atoms with van der Waals surface area (Å²) in [6, 6.07) is 0. The van der Waals surface area contributed by atoms with Gasteiger partial charge in [0, 0.05) is 13.1 Å². The van der Waals surface area contributed by atoms with Crippen LogP contribution in [0.1, 0.15) is 13.8 Å². The number of carbonyl (C=O) groups excluding carboxylic acids is 2. The Balaban J connectivity index is 0. The highest BCUT2D eigenvalue weighted by Gasteiger charge is 2.08. The molecule has 0 aromatic carbocycles. The van der Waals surface area contributed by atoms with E-state index in [0.717, 1.165) is 0 Å². The number of carbonyl (C=O) groups is 2. The fourth-order valence-corrected chi connectivity index (χ4v) is 0.719. The van der Waals surface area contributed by atoms with Crippen LogP contribution in [0.25, 0.3) is 0 Å². The Labute approximate surface area is 116 Å². The van der Waals surface area contributed by atoms with E-state index in [2.05, 4.69) is 20.8 Å². The second kappa shape index (κ2) is 13.2. The average Bonchev–Trinajstić information content (AvgIpc) is 2.49. The van der Waals surface area contributed by atoms with Gasteiger partial charge in [0.05, 0.1) is 13.2 Å². The minimum absolute atomic E-state index is 0.0191. The standard InChI is InChI=1S/C8H16N6O4.C2H6/c9-5(7(17)11-1-3-15)13-14-6(10)8(18)12-2-4-16;1-2/h15-16H,1-4H2,(H2,9,13)(H2,10,14)(H,11,17)(H,12,18);1-2H3. The van der Waals surface area contributed by atoms with Gasteiger partial charge in [0.2, 0.25) is 11.7 Å². The summed E-state index contributed by atoms with van der Waals surface area (Å²) in [7, 11) is 0. The molecule has 0 aromatic heterocycles. The Morgan fingerprint density at radius 3 is 1.45 bits per heavy atom. The third kappa shape index (κ3) is 9.79. The number of rotatable bonds is 5. The van der Waals surface area contributed by atoms with E-state index in [1.165, 1.54) is 0 Å². The Bertz CT molecular complexity index is 322. The third-order valence-corrected chi connectivity index (χ3v) is 1.53. The largest absolute Gasteiger partial charge is 0.395 e. The molecule has 2 amide bonds. The minimum atomic E-state index is -0.739. The summed E-state index contributed by atoms with van der Waals surface area (Å²) >= 11 is 0. The fourth-order valence-electron chi connectivity index (χ4n) is 0.719. The van der Waals surface area contributed by atoms with Crippen molar-refractivity contribution < 1.29 is 19.8 Å². The number of nitrogens with two attached hydrogens (primary N) is 2. The van der Waals surface area contributed by atoms with Gasteiger partial charge in [-0.2, -0.15) is 0 Å². The predicted octanol–water partition coefficient (Wildman–Crippen LogP) is -3.14. The van der Waals surface area contributed by atoms with Gasteiger partial charge in [-0.25, -0.2) is 0 Å². The van der Waals surface area contributed by atoms with Crippen LogP contribution in [0, 0.1) is 0 Å². The quantitative estimate of drug-likeness (QED) is 0.177. The van der Waals surface area contributed by atoms with Gasteiger partial charge < -0.3 is 32.3 Å². The van der Waals surface area contributed by atoms with Gasteiger partial charge in [-0.15, -0.1) is 10.2 Å². The summed E-state index contributed by atoms with van der Waals surface area (Å²) in [5.74, 6) is -2.48. The van der Waals surface area contributed by atoms with Crippen molar-refractivity contribution >= 4 is 23.5 Å². The molecule has 0 aliphatic heterocycles. The van der Waals surface area contributed by atoms with Gasteiger partial charge in [-0.1, -0.05) is 13.8 Å². The number of hydrogen-bond donors (Lipinski definition) is 6. The molecule has 0 bridgehead atoms. The van der Waals surface area contributed by atoms with Gasteiger partial charge in [0.1, 0.15) is 0 Å². The molecule has 0 unspecified atom stereocenters. The van der Waals surface area contributed by atoms with Crippen LogP contribution in [0.2, 0.25) is 0 Å². The lowest BCUT2D eigenvalue weighted by Crippen LogP contribution is -2.39. The normalized spacial score (nSPS) is 11.2. The molecule has 8 N–H and O–H groups in total. The second-order valence-electron chi connectivity index (χ2n) is 2.93. The number of hydrogen-bond acceptors (Lipinski definition) is 6. The van der Waals surface area contributed by atoms with Gasteiger partial charge in [-0.05, 0) is 0 Å². The highest BCUT2D eigenvalue weighted by atomic mass is 16.3. The molecule has 0 radical (unpaired) electrons. The van der Waals surface area contributed by atoms with Crippen LogP contribution in [-0.4, -0.2) is 60.0 Å². The second-order valence-corrected chi connectivity index (χ2v) is 2.93. The Morgan fingerprint density at radius 2 is 1.20 bits per heavy atom. The Hall–Kier alpha value is -2.20. The van der Waals surface area contributed by atoms with E-state index in [1.54, 1.807) is 0 Å². The van der Waals surface area contributed by atoms with E-state index < -0.39 is 23.5 Å². The first-order chi connectivity index (χ1) is 9.52. The number of amidine groups is 2. The summed E-state index contributed by atoms with van der Waals surface area (Å²) in [4.78, 5) is 22.3. The highest BCUT2D eigenvalue weighted by molar-refractivity contribution is 6.39. The molecule has 0 rings (SSSR count). The first-order valence-electron chi connectivity index (χ1n) is 5.97. The molecular weight excluding hydrogens is 268 g/mol. The Kier molecular flexibility index (Phi) is 13.3. The van der Waals surface area contributed by atoms with Crippen molar-refractivity contribution in [1.29, 1.82) is 0 Å². The molecule has 0 aromatic rings. The molecule has 0 atom stereocenters. The predicted molar refractivity (Wildman–Crippen MR) is 74.8 cm³/mol. The lowest BCUT2D eigenvalue weighted by atomic mass is 10.5. The molecule has 0 aliphatic rings. The van der Waals surface area contributed by atoms with E-state index >= 15 is 0 Å². The van der Waals surface area contributed by atoms with Gasteiger partial charge >= 0.3 is 0 Å². The Morgan fingerprint density at radius 1 is 0.900 bits per heavy atom. The van der Waals surface area contributed by atoms with Crippen molar-refractivity contribution in [3.63, 3.8) is 0 Å². The van der Waals surface area contributed by atoms with Gasteiger partial charge in [0.25, 0.3) is 11.8 Å². The topological polar surface area (TPSA) is 175 Å². The zero-order valence-corrected chi connectivity index (χ0v) is 11.6. The number of aliphatic hydroxyl groups is 2. The van der Waals surface area contributed by atoms with Crippen molar-refractivity contribution in [2.24, 2.45) is 21.7 Å². The zero-order chi connectivity index (χ0) is 16.0. The average molecular weight is 290 g/mol. The van der Waals surface area contributed by atoms with Crippen molar-refractivity contribution in [2.45, 2.75) is 13.8 Å². The summed E-state index contributed by atoms with van der Waals surface area (Å²) in [6.45, 7) is 3.55. The lowest BCUT2D eigenvalue weighted by Gasteiger charge is -2.01. The molecule has 0 heterocycles. The van der Waals surface area contributed by atoms with Crippen molar-refractivity contribution in [2.75, 3.05) is 26.3 Å². The number of nitrogens with one attached hydrogen (secondary N) is 2. The molecule has 0 aliphatic carbocycles. The molecule has 10 nitrogen and oxygen atoms in total. The molecule has 10 heteroatoms. The van der Waals surface area contributed by atoms with E-state index in [0.29, 0.717) is 0 Å². The van der Waals surface area contributed by atoms with E-state index in [1.807, 2.05) is 13.8 Å². The van der Waals surface area contributed by atoms with Crippen LogP contribution in [0.4, 0.5) is 0 Å². The smallest absolute Gasteiger partial charge is 0.288 e. The third-order valence-electron chi connectivity index (χ3n) is 1.53. The molecule has 0 spiro atoms. The summed E-state index contributed by atoms with van der Waals surface area (Å²) < 4.78 is 0. The molecular formula is C10H22N6O4. The van der Waals surface area contributed by atoms with Crippen LogP contribution < -0.4 is 22.1 Å². The number of amides is 2. The first-order valence-corrected chi connectivity index (χ1v) is 5.97. The van der Waals surface area contributed by atoms with Crippen molar-refractivity contribution in [3.8, 4) is 0 Å². The molecule has 0 fully saturated rings. The van der Waals surface area contributed by atoms with Crippen LogP contribution in [0.15, 0.2) is 10.2 Å². The van der Waals surface area contributed by atoms with Crippen molar-refractivity contribution in [3.05, 3.63) is 0 Å². The van der Waals surface area contributed by atoms with E-state index in [4.69, 9.17) is 21.7 Å². The van der Waals surface area contributed by atoms with E-state index in [-0.39, 0.29) is 26.3 Å². The van der Waals surface area contributed by atoms with Crippen LogP contribution in [-0.2, 0) is 9.59 Å². The maximum Gasteiger partial charge on any atom is 0.288 e. The van der Waals surface area contributed by atoms with Gasteiger partial charge in [-0.3, -0.25) is 9.59 Å². The zero-order valence-electron chi connectivity index (χ0n) is 11.6. The maximum atomic E-state index is 11.1. The molecule has 116 valence electrons. The lowest BCUT2D eigenvalue weighted by molar-refractivity contribution is -0.115. The molecule has 0 saturated carbocycles. The highest BCUT2D eigenvalue weighted by Crippen LogP contribution is 1.78. The van der Waals surface area contributed by atoms with Crippen LogP contribution in [0.5, 0.6) is 0 Å². The van der Waals surface area contributed by atoms with E-state index in [9.17, 15) is 9.59 Å². The first kappa shape index (κ1) is 20.1. The summed E-state index contributed by atoms with van der Waals surface area (Å²) in [6.07, 6.45) is 0.